The number of anilines is 1. The van der Waals surface area contributed by atoms with Crippen molar-refractivity contribution in [3.63, 3.8) is 0 Å². The Labute approximate surface area is 139 Å². The van der Waals surface area contributed by atoms with Crippen LogP contribution in [0, 0.1) is 5.82 Å². The zero-order valence-electron chi connectivity index (χ0n) is 10.6. The van der Waals surface area contributed by atoms with Gasteiger partial charge in [-0.25, -0.2) is 4.39 Å². The highest BCUT2D eigenvalue weighted by Gasteiger charge is 2.26. The number of thiocarbonyl (C=S) groups is 1. The first-order chi connectivity index (χ1) is 10.1. The van der Waals surface area contributed by atoms with Gasteiger partial charge in [0.2, 0.25) is 0 Å². The van der Waals surface area contributed by atoms with Crippen LogP contribution in [0.25, 0.3) is 0 Å². The van der Waals surface area contributed by atoms with Crippen molar-refractivity contribution in [2.75, 3.05) is 10.5 Å². The Kier molecular flexibility index (Phi) is 4.01. The fourth-order valence-corrected chi connectivity index (χ4v) is 2.92. The molecule has 0 amide bonds. The summed E-state index contributed by atoms with van der Waals surface area (Å²) in [5.74, 6) is -0.448. The molecule has 1 aliphatic rings. The fourth-order valence-electron chi connectivity index (χ4n) is 2.09. The molecule has 3 nitrogen and oxygen atoms in total. The molecule has 21 heavy (non-hydrogen) atoms. The zero-order valence-corrected chi connectivity index (χ0v) is 13.7. The molecule has 1 aliphatic heterocycles. The highest BCUT2D eigenvalue weighted by molar-refractivity contribution is 9.10. The van der Waals surface area contributed by atoms with E-state index in [0.29, 0.717) is 27.0 Å². The third-order valence-corrected chi connectivity index (χ3v) is 4.69. The van der Waals surface area contributed by atoms with Crippen LogP contribution in [0.2, 0.25) is 5.02 Å². The summed E-state index contributed by atoms with van der Waals surface area (Å²) in [5.41, 5.74) is 1.89. The lowest BCUT2D eigenvalue weighted by Gasteiger charge is -2.18. The first kappa shape index (κ1) is 14.6. The van der Waals surface area contributed by atoms with E-state index in [0.717, 1.165) is 0 Å². The Hall–Kier alpha value is -1.37. The van der Waals surface area contributed by atoms with Crippen molar-refractivity contribution in [3.05, 3.63) is 58.6 Å². The number of benzodiazepines with no additional fused rings is 1. The van der Waals surface area contributed by atoms with E-state index in [1.807, 2.05) is 6.07 Å². The average Bonchev–Trinajstić information content (AvgIpc) is 2.60. The van der Waals surface area contributed by atoms with Crippen molar-refractivity contribution in [3.8, 4) is 0 Å². The topological polar surface area (TPSA) is 28.5 Å². The van der Waals surface area contributed by atoms with E-state index < -0.39 is 5.82 Å². The minimum Gasteiger partial charge on any atom is -0.275 e. The van der Waals surface area contributed by atoms with Crippen molar-refractivity contribution in [1.82, 2.24) is 4.98 Å². The van der Waals surface area contributed by atoms with E-state index in [1.54, 1.807) is 16.1 Å². The van der Waals surface area contributed by atoms with Gasteiger partial charge in [0.1, 0.15) is 10.7 Å². The van der Waals surface area contributed by atoms with Gasteiger partial charge < -0.3 is 0 Å². The predicted molar refractivity (Wildman–Crippen MR) is 90.2 cm³/mol. The molecule has 0 aliphatic carbocycles. The summed E-state index contributed by atoms with van der Waals surface area (Å²) in [6.45, 7) is 0.247. The molecule has 0 radical (unpaired) electrons. The van der Waals surface area contributed by atoms with Crippen molar-refractivity contribution in [2.24, 2.45) is 4.99 Å². The summed E-state index contributed by atoms with van der Waals surface area (Å²) < 4.78 is 15.7. The molecule has 0 fully saturated rings. The predicted octanol–water partition coefficient (Wildman–Crippen LogP) is 4.17. The van der Waals surface area contributed by atoms with Crippen LogP contribution in [-0.2, 0) is 0 Å². The highest BCUT2D eigenvalue weighted by Crippen LogP contribution is 2.34. The van der Waals surface area contributed by atoms with Gasteiger partial charge in [0, 0.05) is 11.8 Å². The number of hydrogen-bond donors (Lipinski definition) is 0. The molecule has 1 aromatic carbocycles. The Bertz CT molecular complexity index is 766. The maximum absolute atomic E-state index is 14.1. The number of aromatic nitrogens is 1. The second-order valence-corrected chi connectivity index (χ2v) is 5.89. The van der Waals surface area contributed by atoms with Crippen LogP contribution in [-0.4, -0.2) is 22.2 Å². The molecular formula is C14H8BrClFN3S. The molecule has 7 heteroatoms. The lowest BCUT2D eigenvalue weighted by Crippen LogP contribution is -2.19. The van der Waals surface area contributed by atoms with Crippen molar-refractivity contribution in [2.45, 2.75) is 0 Å². The van der Waals surface area contributed by atoms with Crippen LogP contribution in [0.5, 0.6) is 0 Å². The molecular weight excluding hydrogens is 377 g/mol. The van der Waals surface area contributed by atoms with Gasteiger partial charge in [0.15, 0.2) is 5.82 Å². The molecule has 0 saturated carbocycles. The molecule has 2 aromatic rings. The minimum atomic E-state index is -0.448. The third-order valence-electron chi connectivity index (χ3n) is 3.01. The van der Waals surface area contributed by atoms with Gasteiger partial charge in [-0.15, -0.1) is 0 Å². The van der Waals surface area contributed by atoms with Crippen LogP contribution < -0.4 is 3.93 Å². The van der Waals surface area contributed by atoms with Crippen molar-refractivity contribution >= 4 is 56.4 Å². The second kappa shape index (κ2) is 5.79. The van der Waals surface area contributed by atoms with E-state index in [-0.39, 0.29) is 12.2 Å². The molecule has 0 saturated heterocycles. The normalized spacial score (nSPS) is 14.5. The summed E-state index contributed by atoms with van der Waals surface area (Å²) in [7, 11) is 0. The fraction of sp³-hybridized carbons (Fsp3) is 0.0714. The second-order valence-electron chi connectivity index (χ2n) is 4.31. The van der Waals surface area contributed by atoms with Gasteiger partial charge in [-0.3, -0.25) is 13.9 Å². The van der Waals surface area contributed by atoms with Gasteiger partial charge >= 0.3 is 0 Å². The minimum absolute atomic E-state index is 0.164. The Morgan fingerprint density at radius 3 is 2.86 bits per heavy atom. The van der Waals surface area contributed by atoms with E-state index in [1.165, 1.54) is 18.3 Å². The summed E-state index contributed by atoms with van der Waals surface area (Å²) in [5, 5.41) is 0.463. The Morgan fingerprint density at radius 2 is 2.10 bits per heavy atom. The van der Waals surface area contributed by atoms with Gasteiger partial charge in [-0.05, 0) is 24.3 Å². The highest BCUT2D eigenvalue weighted by atomic mass is 79.9. The summed E-state index contributed by atoms with van der Waals surface area (Å²) >= 11 is 15.0. The number of fused-ring (bicyclic) bond motifs is 1. The lowest BCUT2D eigenvalue weighted by atomic mass is 10.0. The monoisotopic (exact) mass is 383 g/mol. The largest absolute Gasteiger partial charge is 0.275 e. The van der Waals surface area contributed by atoms with Gasteiger partial charge in [0.05, 0.1) is 39.1 Å². The van der Waals surface area contributed by atoms with E-state index in [9.17, 15) is 4.39 Å². The number of rotatable bonds is 1. The molecule has 0 atom stereocenters. The third kappa shape index (κ3) is 2.59. The summed E-state index contributed by atoms with van der Waals surface area (Å²) in [6, 6.07) is 8.24. The maximum Gasteiger partial charge on any atom is 0.151 e. The molecule has 0 unspecified atom stereocenters. The number of pyridine rings is 1. The van der Waals surface area contributed by atoms with E-state index in [2.05, 4.69) is 26.1 Å². The van der Waals surface area contributed by atoms with E-state index >= 15 is 0 Å². The molecule has 0 spiro atoms. The molecule has 106 valence electrons. The Morgan fingerprint density at radius 1 is 1.29 bits per heavy atom. The van der Waals surface area contributed by atoms with Crippen LogP contribution in [0.3, 0.4) is 0 Å². The molecule has 2 heterocycles. The number of hydrogen-bond acceptors (Lipinski definition) is 3. The average molecular weight is 385 g/mol. The first-order valence-electron chi connectivity index (χ1n) is 6.02. The zero-order chi connectivity index (χ0) is 15.0. The smallest absolute Gasteiger partial charge is 0.151 e. The van der Waals surface area contributed by atoms with Crippen LogP contribution in [0.1, 0.15) is 11.3 Å². The van der Waals surface area contributed by atoms with Crippen LogP contribution in [0.4, 0.5) is 10.1 Å². The van der Waals surface area contributed by atoms with Gasteiger partial charge in [-0.1, -0.05) is 29.9 Å². The standard InChI is InChI=1S/C14H8BrClFN3S/c15-20-10-5-1-3-8(16)12(10)14(19-7-11(20)21)13-9(17)4-2-6-18-13/h1-6H,7H2. The van der Waals surface area contributed by atoms with Crippen molar-refractivity contribution in [1.29, 1.82) is 0 Å². The van der Waals surface area contributed by atoms with Crippen molar-refractivity contribution < 1.29 is 4.39 Å². The summed E-state index contributed by atoms with van der Waals surface area (Å²) in [4.78, 5) is 9.06. The molecule has 3 rings (SSSR count). The van der Waals surface area contributed by atoms with E-state index in [4.69, 9.17) is 23.8 Å². The number of benzene rings is 1. The SMILES string of the molecule is Fc1cccnc1C1=NCC(=S)N(Br)c2cccc(Cl)c21. The first-order valence-corrected chi connectivity index (χ1v) is 7.52. The van der Waals surface area contributed by atoms with Gasteiger partial charge in [0.25, 0.3) is 0 Å². The molecule has 0 bridgehead atoms. The van der Waals surface area contributed by atoms with Crippen LogP contribution in [0.15, 0.2) is 41.5 Å². The maximum atomic E-state index is 14.1. The molecule has 0 N–H and O–H groups in total. The molecule has 1 aromatic heterocycles. The Balaban J connectivity index is 2.30. The quantitative estimate of drug-likeness (QED) is 0.546. The number of nitrogens with zero attached hydrogens (tertiary/aromatic N) is 3. The lowest BCUT2D eigenvalue weighted by molar-refractivity contribution is 0.618. The van der Waals surface area contributed by atoms with Gasteiger partial charge in [-0.2, -0.15) is 0 Å². The number of halogens is 3. The number of aliphatic imine (C=N–C) groups is 1. The van der Waals surface area contributed by atoms with Crippen LogP contribution >= 0.6 is 40.0 Å². The summed E-state index contributed by atoms with van der Waals surface area (Å²) in [6.07, 6.45) is 1.52.